The van der Waals surface area contributed by atoms with Crippen LogP contribution in [0.4, 0.5) is 14.9 Å². The number of methoxy groups -OCH3 is 1. The molecule has 4 aromatic rings. The lowest BCUT2D eigenvalue weighted by atomic mass is 10.1. The first-order valence-electron chi connectivity index (χ1n) is 10.2. The molecular weight excluding hydrogens is 445 g/mol. The average Bonchev–Trinajstić information content (AvgIpc) is 2.81. The van der Waals surface area contributed by atoms with E-state index in [-0.39, 0.29) is 24.5 Å². The number of anilines is 1. The van der Waals surface area contributed by atoms with Gasteiger partial charge in [0.1, 0.15) is 11.6 Å². The molecule has 0 aliphatic heterocycles. The first kappa shape index (κ1) is 22.4. The van der Waals surface area contributed by atoms with Crippen LogP contribution in [0.3, 0.4) is 0 Å². The summed E-state index contributed by atoms with van der Waals surface area (Å²) in [6.07, 6.45) is 0. The standard InChI is InChI=1S/C25H21ClFN3O3/c1-33-22-11-4-17-12-18(24(31)29-23(17)13-22)15-30(14-16-2-7-20(27)8-3-16)25(32)28-21-9-5-19(26)6-10-21/h2-13H,14-15H2,1H3,(H,28,32)(H,29,31). The maximum Gasteiger partial charge on any atom is 0.322 e. The minimum absolute atomic E-state index is 0.0497. The van der Waals surface area contributed by atoms with Crippen molar-refractivity contribution in [2.75, 3.05) is 12.4 Å². The lowest BCUT2D eigenvalue weighted by Gasteiger charge is -2.23. The van der Waals surface area contributed by atoms with Crippen molar-refractivity contribution in [3.8, 4) is 5.75 Å². The Hall–Kier alpha value is -3.84. The number of fused-ring (bicyclic) bond motifs is 1. The van der Waals surface area contributed by atoms with Crippen molar-refractivity contribution in [1.82, 2.24) is 9.88 Å². The van der Waals surface area contributed by atoms with Crippen LogP contribution in [0.25, 0.3) is 10.9 Å². The van der Waals surface area contributed by atoms with Crippen molar-refractivity contribution in [3.05, 3.63) is 105 Å². The van der Waals surface area contributed by atoms with Crippen molar-refractivity contribution in [3.63, 3.8) is 0 Å². The van der Waals surface area contributed by atoms with Crippen LogP contribution in [0.2, 0.25) is 5.02 Å². The van der Waals surface area contributed by atoms with Crippen LogP contribution in [0.15, 0.2) is 77.6 Å². The highest BCUT2D eigenvalue weighted by Gasteiger charge is 2.17. The Morgan fingerprint density at radius 3 is 2.45 bits per heavy atom. The molecule has 2 amide bonds. The molecule has 0 saturated carbocycles. The van der Waals surface area contributed by atoms with Gasteiger partial charge in [-0.05, 0) is 65.5 Å². The number of halogens is 2. The average molecular weight is 466 g/mol. The minimum Gasteiger partial charge on any atom is -0.497 e. The highest BCUT2D eigenvalue weighted by atomic mass is 35.5. The van der Waals surface area contributed by atoms with E-state index >= 15 is 0 Å². The van der Waals surface area contributed by atoms with Crippen LogP contribution in [-0.2, 0) is 13.1 Å². The number of carbonyl (C=O) groups is 1. The zero-order valence-corrected chi connectivity index (χ0v) is 18.5. The van der Waals surface area contributed by atoms with Gasteiger partial charge in [0.05, 0.1) is 19.2 Å². The van der Waals surface area contributed by atoms with Gasteiger partial charge in [0.15, 0.2) is 0 Å². The number of hydrogen-bond acceptors (Lipinski definition) is 3. The number of nitrogens with one attached hydrogen (secondary N) is 2. The Morgan fingerprint density at radius 2 is 1.76 bits per heavy atom. The fourth-order valence-electron chi connectivity index (χ4n) is 3.42. The first-order chi connectivity index (χ1) is 15.9. The van der Waals surface area contributed by atoms with E-state index in [2.05, 4.69) is 10.3 Å². The van der Waals surface area contributed by atoms with Crippen molar-refractivity contribution in [2.45, 2.75) is 13.1 Å². The van der Waals surface area contributed by atoms with Crippen molar-refractivity contribution < 1.29 is 13.9 Å². The second-order valence-corrected chi connectivity index (χ2v) is 7.93. The van der Waals surface area contributed by atoms with E-state index in [9.17, 15) is 14.0 Å². The maximum absolute atomic E-state index is 13.3. The third-order valence-electron chi connectivity index (χ3n) is 5.16. The molecule has 8 heteroatoms. The molecular formula is C25H21ClFN3O3. The maximum atomic E-state index is 13.3. The number of hydrogen-bond donors (Lipinski definition) is 2. The highest BCUT2D eigenvalue weighted by molar-refractivity contribution is 6.30. The second kappa shape index (κ2) is 9.75. The number of urea groups is 1. The van der Waals surface area contributed by atoms with E-state index in [0.717, 1.165) is 10.9 Å². The van der Waals surface area contributed by atoms with E-state index in [1.165, 1.54) is 17.0 Å². The van der Waals surface area contributed by atoms with Gasteiger partial charge in [-0.2, -0.15) is 0 Å². The summed E-state index contributed by atoms with van der Waals surface area (Å²) in [6, 6.07) is 19.3. The molecule has 0 aliphatic rings. The molecule has 3 aromatic carbocycles. The molecule has 0 unspecified atom stereocenters. The summed E-state index contributed by atoms with van der Waals surface area (Å²) in [7, 11) is 1.56. The van der Waals surface area contributed by atoms with Gasteiger partial charge in [-0.1, -0.05) is 23.7 Å². The van der Waals surface area contributed by atoms with E-state index < -0.39 is 6.03 Å². The van der Waals surface area contributed by atoms with Crippen molar-refractivity contribution in [1.29, 1.82) is 0 Å². The molecule has 1 aromatic heterocycles. The summed E-state index contributed by atoms with van der Waals surface area (Å²) in [6.45, 7) is 0.230. The summed E-state index contributed by atoms with van der Waals surface area (Å²) in [5.74, 6) is 0.267. The third-order valence-corrected chi connectivity index (χ3v) is 5.41. The Balaban J connectivity index is 1.64. The lowest BCUT2D eigenvalue weighted by Crippen LogP contribution is -2.35. The van der Waals surface area contributed by atoms with E-state index in [1.807, 2.05) is 6.07 Å². The molecule has 0 fully saturated rings. The van der Waals surface area contributed by atoms with Gasteiger partial charge >= 0.3 is 6.03 Å². The number of pyridine rings is 1. The predicted molar refractivity (Wildman–Crippen MR) is 127 cm³/mol. The van der Waals surface area contributed by atoms with Crippen LogP contribution in [-0.4, -0.2) is 23.0 Å². The number of benzene rings is 3. The highest BCUT2D eigenvalue weighted by Crippen LogP contribution is 2.20. The van der Waals surface area contributed by atoms with Gasteiger partial charge in [0.2, 0.25) is 0 Å². The number of ether oxygens (including phenoxy) is 1. The topological polar surface area (TPSA) is 74.4 Å². The number of aromatic amines is 1. The molecule has 1 heterocycles. The molecule has 2 N–H and O–H groups in total. The number of rotatable bonds is 6. The van der Waals surface area contributed by atoms with Crippen LogP contribution in [0.1, 0.15) is 11.1 Å². The van der Waals surface area contributed by atoms with Crippen LogP contribution >= 0.6 is 11.6 Å². The Bertz CT molecular complexity index is 1340. The fraction of sp³-hybridized carbons (Fsp3) is 0.120. The molecule has 0 bridgehead atoms. The van der Waals surface area contributed by atoms with Gasteiger partial charge in [-0.3, -0.25) is 4.79 Å². The Kier molecular flexibility index (Phi) is 6.60. The molecule has 6 nitrogen and oxygen atoms in total. The number of amides is 2. The van der Waals surface area contributed by atoms with Crippen molar-refractivity contribution in [2.24, 2.45) is 0 Å². The van der Waals surface area contributed by atoms with Crippen LogP contribution in [0, 0.1) is 5.82 Å². The third kappa shape index (κ3) is 5.51. The zero-order valence-electron chi connectivity index (χ0n) is 17.8. The largest absolute Gasteiger partial charge is 0.497 e. The van der Waals surface area contributed by atoms with Gasteiger partial charge in [-0.15, -0.1) is 0 Å². The summed E-state index contributed by atoms with van der Waals surface area (Å²) in [5, 5.41) is 4.18. The van der Waals surface area contributed by atoms with E-state index in [1.54, 1.807) is 61.7 Å². The SMILES string of the molecule is COc1ccc2cc(CN(Cc3ccc(F)cc3)C(=O)Nc3ccc(Cl)cc3)c(=O)[nH]c2c1. The molecule has 4 rings (SSSR count). The molecule has 0 atom stereocenters. The predicted octanol–water partition coefficient (Wildman–Crippen LogP) is 5.56. The molecule has 0 saturated heterocycles. The quantitative estimate of drug-likeness (QED) is 0.391. The zero-order chi connectivity index (χ0) is 23.4. The summed E-state index contributed by atoms with van der Waals surface area (Å²) < 4.78 is 18.6. The first-order valence-corrected chi connectivity index (χ1v) is 10.5. The summed E-state index contributed by atoms with van der Waals surface area (Å²) in [4.78, 5) is 30.2. The van der Waals surface area contributed by atoms with Crippen molar-refractivity contribution >= 4 is 34.2 Å². The lowest BCUT2D eigenvalue weighted by molar-refractivity contribution is 0.206. The molecule has 33 heavy (non-hydrogen) atoms. The minimum atomic E-state index is -0.407. The molecule has 0 radical (unpaired) electrons. The van der Waals surface area contributed by atoms with Gasteiger partial charge < -0.3 is 19.9 Å². The van der Waals surface area contributed by atoms with Gasteiger partial charge in [0.25, 0.3) is 5.56 Å². The Morgan fingerprint density at radius 1 is 1.03 bits per heavy atom. The van der Waals surface area contributed by atoms with E-state index in [4.69, 9.17) is 16.3 Å². The van der Waals surface area contributed by atoms with Crippen LogP contribution < -0.4 is 15.6 Å². The second-order valence-electron chi connectivity index (χ2n) is 7.50. The normalized spacial score (nSPS) is 10.8. The Labute approximate surface area is 194 Å². The number of nitrogens with zero attached hydrogens (tertiary/aromatic N) is 1. The number of aromatic nitrogens is 1. The molecule has 0 spiro atoms. The summed E-state index contributed by atoms with van der Waals surface area (Å²) >= 11 is 5.92. The van der Waals surface area contributed by atoms with E-state index in [0.29, 0.717) is 27.5 Å². The van der Waals surface area contributed by atoms with Gasteiger partial charge in [-0.25, -0.2) is 9.18 Å². The number of H-pyrrole nitrogens is 1. The number of carbonyl (C=O) groups excluding carboxylic acids is 1. The smallest absolute Gasteiger partial charge is 0.322 e. The molecule has 168 valence electrons. The van der Waals surface area contributed by atoms with Crippen LogP contribution in [0.5, 0.6) is 5.75 Å². The fourth-order valence-corrected chi connectivity index (χ4v) is 3.55. The molecule has 0 aliphatic carbocycles. The monoisotopic (exact) mass is 465 g/mol. The van der Waals surface area contributed by atoms with Gasteiger partial charge in [0, 0.05) is 28.9 Å². The summed E-state index contributed by atoms with van der Waals surface area (Å²) in [5.41, 5.74) is 2.04.